The second-order valence-electron chi connectivity index (χ2n) is 9.38. The summed E-state index contributed by atoms with van der Waals surface area (Å²) >= 11 is 7.76. The Morgan fingerprint density at radius 3 is 2.84 bits per heavy atom. The van der Waals surface area contributed by atoms with E-state index in [-0.39, 0.29) is 17.9 Å². The second-order valence-corrected chi connectivity index (χ2v) is 10.8. The van der Waals surface area contributed by atoms with Gasteiger partial charge in [0.2, 0.25) is 5.91 Å². The molecule has 0 radical (unpaired) electrons. The van der Waals surface area contributed by atoms with Crippen molar-refractivity contribution in [2.24, 2.45) is 5.92 Å². The quantitative estimate of drug-likeness (QED) is 0.367. The molecule has 3 heterocycles. The lowest BCUT2D eigenvalue weighted by atomic mass is 9.95. The second kappa shape index (κ2) is 13.3. The lowest BCUT2D eigenvalue weighted by Gasteiger charge is -2.38. The summed E-state index contributed by atoms with van der Waals surface area (Å²) in [5.74, 6) is 0.782. The van der Waals surface area contributed by atoms with Crippen LogP contribution in [-0.2, 0) is 9.53 Å². The topological polar surface area (TPSA) is 97.1 Å². The molecule has 10 heteroatoms. The van der Waals surface area contributed by atoms with Crippen LogP contribution in [0.2, 0.25) is 5.02 Å². The molecule has 200 valence electrons. The monoisotopic (exact) mass is 546 g/mol. The van der Waals surface area contributed by atoms with Gasteiger partial charge >= 0.3 is 0 Å². The van der Waals surface area contributed by atoms with Crippen LogP contribution in [-0.4, -0.2) is 80.2 Å². The van der Waals surface area contributed by atoms with E-state index in [1.165, 1.54) is 0 Å². The number of nitrogen functional groups attached to an aromatic ring is 1. The number of likely N-dealkylation sites (tertiary alicyclic amines) is 1. The van der Waals surface area contributed by atoms with E-state index in [0.29, 0.717) is 47.7 Å². The van der Waals surface area contributed by atoms with Crippen molar-refractivity contribution in [1.82, 2.24) is 15.1 Å². The van der Waals surface area contributed by atoms with Gasteiger partial charge in [-0.1, -0.05) is 17.7 Å². The van der Waals surface area contributed by atoms with Crippen LogP contribution >= 0.6 is 22.9 Å². The maximum Gasteiger partial charge on any atom is 0.255 e. The van der Waals surface area contributed by atoms with Crippen molar-refractivity contribution >= 4 is 46.5 Å². The Morgan fingerprint density at radius 1 is 1.30 bits per heavy atom. The average Bonchev–Trinajstić information content (AvgIpc) is 3.42. The molecule has 2 fully saturated rings. The minimum atomic E-state index is -0.267. The lowest BCUT2D eigenvalue weighted by Crippen LogP contribution is -2.49. The predicted molar refractivity (Wildman–Crippen MR) is 148 cm³/mol. The maximum absolute atomic E-state index is 12.8. The van der Waals surface area contributed by atoms with E-state index >= 15 is 0 Å². The summed E-state index contributed by atoms with van der Waals surface area (Å²) in [6, 6.07) is 7.12. The lowest BCUT2D eigenvalue weighted by molar-refractivity contribution is -0.127. The van der Waals surface area contributed by atoms with Gasteiger partial charge in [-0.15, -0.1) is 11.3 Å². The van der Waals surface area contributed by atoms with Crippen LogP contribution in [0.3, 0.4) is 0 Å². The average molecular weight is 547 g/mol. The summed E-state index contributed by atoms with van der Waals surface area (Å²) in [6.07, 6.45) is 5.47. The number of benzene rings is 1. The maximum atomic E-state index is 12.8. The zero-order valence-corrected chi connectivity index (χ0v) is 22.7. The number of nitrogens with two attached hydrogens (primary N) is 1. The number of hydrogen-bond donors (Lipinski definition) is 2. The summed E-state index contributed by atoms with van der Waals surface area (Å²) in [5.41, 5.74) is 6.60. The van der Waals surface area contributed by atoms with Crippen LogP contribution < -0.4 is 15.8 Å². The van der Waals surface area contributed by atoms with Gasteiger partial charge in [-0.25, -0.2) is 0 Å². The summed E-state index contributed by atoms with van der Waals surface area (Å²) in [7, 11) is 0. The van der Waals surface area contributed by atoms with E-state index in [4.69, 9.17) is 26.8 Å². The number of amides is 2. The molecule has 2 aromatic rings. The number of carbonyl (C=O) groups is 2. The van der Waals surface area contributed by atoms with Crippen molar-refractivity contribution in [3.8, 4) is 5.75 Å². The molecule has 4 rings (SSSR count). The first kappa shape index (κ1) is 27.4. The van der Waals surface area contributed by atoms with Crippen molar-refractivity contribution in [2.45, 2.75) is 25.9 Å². The zero-order valence-electron chi connectivity index (χ0n) is 21.2. The van der Waals surface area contributed by atoms with Crippen LogP contribution in [0, 0.1) is 5.92 Å². The van der Waals surface area contributed by atoms with Crippen molar-refractivity contribution < 1.29 is 19.1 Å². The molecule has 2 aliphatic heterocycles. The molecule has 2 saturated heterocycles. The molecule has 1 aromatic carbocycles. The van der Waals surface area contributed by atoms with Gasteiger partial charge in [0, 0.05) is 56.3 Å². The third-order valence-corrected chi connectivity index (χ3v) is 7.90. The van der Waals surface area contributed by atoms with Gasteiger partial charge in [0.25, 0.3) is 5.91 Å². The van der Waals surface area contributed by atoms with Gasteiger partial charge in [-0.3, -0.25) is 14.5 Å². The molecule has 0 spiro atoms. The van der Waals surface area contributed by atoms with Gasteiger partial charge < -0.3 is 25.4 Å². The molecular formula is C27H35ClN4O4S. The van der Waals surface area contributed by atoms with Crippen molar-refractivity contribution in [2.75, 3.05) is 58.2 Å². The molecule has 1 aromatic heterocycles. The highest BCUT2D eigenvalue weighted by Crippen LogP contribution is 2.29. The Labute approximate surface area is 227 Å². The fourth-order valence-corrected chi connectivity index (χ4v) is 5.52. The smallest absolute Gasteiger partial charge is 0.255 e. The number of halogens is 1. The summed E-state index contributed by atoms with van der Waals surface area (Å²) in [6.45, 7) is 7.46. The van der Waals surface area contributed by atoms with Gasteiger partial charge in [-0.05, 0) is 49.3 Å². The number of carbonyl (C=O) groups excluding carboxylic acids is 2. The largest absolute Gasteiger partial charge is 0.493 e. The summed E-state index contributed by atoms with van der Waals surface area (Å²) < 4.78 is 11.5. The van der Waals surface area contributed by atoms with Gasteiger partial charge in [0.1, 0.15) is 5.75 Å². The standard InChI is InChI=1S/C27H35ClN4O4S/c1-2-35-25-15-24(29)23(28)14-22(25)27(34)30-16-20-18-31(11-12-36-20)17-19-7-9-32(10-8-19)26(33)6-5-21-4-3-13-37-21/h3-6,13-15,19-20H,2,7-12,16-18,29H2,1H3,(H,30,34). The number of hydrogen-bond acceptors (Lipinski definition) is 7. The third kappa shape index (κ3) is 7.70. The summed E-state index contributed by atoms with van der Waals surface area (Å²) in [5, 5.41) is 5.29. The molecule has 0 aliphatic carbocycles. The highest BCUT2D eigenvalue weighted by atomic mass is 35.5. The minimum Gasteiger partial charge on any atom is -0.493 e. The fraction of sp³-hybridized carbons (Fsp3) is 0.481. The predicted octanol–water partition coefficient (Wildman–Crippen LogP) is 3.77. The first-order chi connectivity index (χ1) is 17.9. The van der Waals surface area contributed by atoms with E-state index in [9.17, 15) is 9.59 Å². The van der Waals surface area contributed by atoms with E-state index in [1.54, 1.807) is 29.5 Å². The van der Waals surface area contributed by atoms with Gasteiger partial charge in [0.05, 0.1) is 35.6 Å². The summed E-state index contributed by atoms with van der Waals surface area (Å²) in [4.78, 5) is 30.8. The molecule has 8 nitrogen and oxygen atoms in total. The SMILES string of the molecule is CCOc1cc(N)c(Cl)cc1C(=O)NCC1CN(CC2CCN(C(=O)C=Cc3cccs3)CC2)CCO1. The van der Waals surface area contributed by atoms with E-state index < -0.39 is 0 Å². The van der Waals surface area contributed by atoms with Crippen molar-refractivity contribution in [3.05, 3.63) is 51.2 Å². The van der Waals surface area contributed by atoms with Crippen LogP contribution in [0.15, 0.2) is 35.7 Å². The minimum absolute atomic E-state index is 0.0870. The van der Waals surface area contributed by atoms with E-state index in [1.807, 2.05) is 35.4 Å². The number of ether oxygens (including phenoxy) is 2. The van der Waals surface area contributed by atoms with Gasteiger partial charge in [-0.2, -0.15) is 0 Å². The Bertz CT molecular complexity index is 1090. The number of nitrogens with zero attached hydrogens (tertiary/aromatic N) is 2. The molecule has 3 N–H and O–H groups in total. The number of piperidine rings is 1. The molecule has 0 saturated carbocycles. The Hall–Kier alpha value is -2.59. The molecule has 2 amide bonds. The van der Waals surface area contributed by atoms with E-state index in [2.05, 4.69) is 10.2 Å². The first-order valence-corrected chi connectivity index (χ1v) is 14.0. The van der Waals surface area contributed by atoms with Crippen LogP contribution in [0.1, 0.15) is 35.0 Å². The zero-order chi connectivity index (χ0) is 26.2. The van der Waals surface area contributed by atoms with Crippen LogP contribution in [0.25, 0.3) is 6.08 Å². The van der Waals surface area contributed by atoms with Crippen molar-refractivity contribution in [1.29, 1.82) is 0 Å². The molecule has 37 heavy (non-hydrogen) atoms. The van der Waals surface area contributed by atoms with Crippen molar-refractivity contribution in [3.63, 3.8) is 0 Å². The fourth-order valence-electron chi connectivity index (χ4n) is 4.74. The molecule has 1 unspecified atom stereocenters. The van der Waals surface area contributed by atoms with Gasteiger partial charge in [0.15, 0.2) is 0 Å². The number of thiophene rings is 1. The van der Waals surface area contributed by atoms with Crippen LogP contribution in [0.5, 0.6) is 5.75 Å². The number of nitrogens with one attached hydrogen (secondary N) is 1. The normalized spacial score (nSPS) is 19.3. The first-order valence-electron chi connectivity index (χ1n) is 12.8. The van der Waals surface area contributed by atoms with Crippen LogP contribution in [0.4, 0.5) is 5.69 Å². The molecule has 0 bridgehead atoms. The van der Waals surface area contributed by atoms with E-state index in [0.717, 1.165) is 50.4 Å². The highest BCUT2D eigenvalue weighted by molar-refractivity contribution is 7.10. The highest BCUT2D eigenvalue weighted by Gasteiger charge is 2.27. The third-order valence-electron chi connectivity index (χ3n) is 6.73. The molecular weight excluding hydrogens is 512 g/mol. The molecule has 2 aliphatic rings. The Morgan fingerprint density at radius 2 is 2.11 bits per heavy atom. The molecule has 1 atom stereocenters. The number of anilines is 1. The number of rotatable bonds is 9. The Balaban J connectivity index is 1.21. The number of morpholine rings is 1. The Kier molecular flexibility index (Phi) is 9.85.